The Morgan fingerprint density at radius 3 is 0.907 bits per heavy atom. The van der Waals surface area contributed by atoms with Crippen molar-refractivity contribution in [1.29, 1.82) is 0 Å². The van der Waals surface area contributed by atoms with E-state index in [9.17, 15) is 58.8 Å². The van der Waals surface area contributed by atoms with Gasteiger partial charge in [-0.3, -0.25) is 38.4 Å². The maximum absolute atomic E-state index is 13.7. The van der Waals surface area contributed by atoms with E-state index in [2.05, 4.69) is 61.8 Å². The third kappa shape index (κ3) is 24.7. The quantitative estimate of drug-likeness (QED) is 0.0237. The molecule has 0 saturated carbocycles. The summed E-state index contributed by atoms with van der Waals surface area (Å²) < 4.78 is 32.4. The Morgan fingerprint density at radius 1 is 0.379 bits per heavy atom. The van der Waals surface area contributed by atoms with Gasteiger partial charge < -0.3 is 88.2 Å². The lowest BCUT2D eigenvalue weighted by molar-refractivity contribution is -0.142. The van der Waals surface area contributed by atoms with Gasteiger partial charge >= 0.3 is 0 Å². The van der Waals surface area contributed by atoms with E-state index < -0.39 is 77.7 Å². The Labute approximate surface area is 822 Å². The number of oxazole rings is 2. The van der Waals surface area contributed by atoms with Gasteiger partial charge in [-0.05, 0) is 140 Å². The highest BCUT2D eigenvalue weighted by atomic mass is 32.1. The van der Waals surface area contributed by atoms with Crippen LogP contribution in [-0.2, 0) is 38.4 Å². The number of rotatable bonds is 27. The molecule has 8 N–H and O–H groups in total. The van der Waals surface area contributed by atoms with Crippen LogP contribution in [0.25, 0.3) is 43.5 Å². The Kier molecular flexibility index (Phi) is 33.9. The second-order valence-electron chi connectivity index (χ2n) is 38.7. The zero-order valence-electron chi connectivity index (χ0n) is 82.8. The van der Waals surface area contributed by atoms with Gasteiger partial charge in [0.1, 0.15) is 65.0 Å². The lowest BCUT2D eigenvalue weighted by Gasteiger charge is -2.33. The van der Waals surface area contributed by atoms with Crippen molar-refractivity contribution in [2.75, 3.05) is 26.2 Å². The molecule has 0 unspecified atom stereocenters. The number of carbonyl (C=O) groups is 8. The number of thiazole rings is 2. The molecule has 744 valence electrons. The number of nitrogens with one attached hydrogen (secondary N) is 4. The van der Waals surface area contributed by atoms with Crippen LogP contribution in [0.2, 0.25) is 0 Å². The first-order valence-electron chi connectivity index (χ1n) is 47.4. The van der Waals surface area contributed by atoms with E-state index in [1.807, 2.05) is 219 Å². The maximum Gasteiger partial charge on any atom is 0.243 e. The van der Waals surface area contributed by atoms with Gasteiger partial charge in [0.15, 0.2) is 24.3 Å². The third-order valence-corrected chi connectivity index (χ3v) is 28.0. The molecule has 12 heterocycles. The average molecular weight is 1950 g/mol. The molecular weight excluding hydrogens is 1830 g/mol. The molecule has 8 amide bonds. The van der Waals surface area contributed by atoms with Crippen molar-refractivity contribution < 1.29 is 85.7 Å². The number of likely N-dealkylation sites (tertiary alicyclic amines) is 4. The predicted octanol–water partition coefficient (Wildman–Crippen LogP) is 15.2. The van der Waals surface area contributed by atoms with Gasteiger partial charge in [0.2, 0.25) is 47.3 Å². The summed E-state index contributed by atoms with van der Waals surface area (Å²) in [5.74, 6) is -1.25. The minimum Gasteiger partial charge on any atom is -0.443 e. The van der Waals surface area contributed by atoms with Crippen molar-refractivity contribution in [3.05, 3.63) is 236 Å². The van der Waals surface area contributed by atoms with Crippen LogP contribution in [0.5, 0.6) is 0 Å². The van der Waals surface area contributed by atoms with Crippen molar-refractivity contribution in [2.45, 2.75) is 267 Å². The number of aromatic nitrogens is 8. The van der Waals surface area contributed by atoms with Crippen molar-refractivity contribution in [3.8, 4) is 43.5 Å². The number of β-amino-alcohol motifs (C(OH)–C–C–N with tert-alkyl or cyclic N) is 4. The number of hydrogen-bond donors (Lipinski definition) is 8. The molecule has 4 aromatic carbocycles. The maximum atomic E-state index is 13.7. The van der Waals surface area contributed by atoms with E-state index in [-0.39, 0.29) is 135 Å². The van der Waals surface area contributed by atoms with Gasteiger partial charge in [-0.2, -0.15) is 0 Å². The fourth-order valence-corrected chi connectivity index (χ4v) is 20.2. The van der Waals surface area contributed by atoms with Crippen molar-refractivity contribution in [3.63, 3.8) is 0 Å². The van der Waals surface area contributed by atoms with Crippen LogP contribution in [-0.4, -0.2) is 203 Å². The number of nitrogens with zero attached hydrogens (tertiary/aromatic N) is 12. The highest BCUT2D eigenvalue weighted by Crippen LogP contribution is 2.42. The first-order valence-corrected chi connectivity index (χ1v) is 49.2. The second kappa shape index (κ2) is 45.5. The second-order valence-corrected chi connectivity index (χ2v) is 40.5. The predicted molar refractivity (Wildman–Crippen MR) is 524 cm³/mol. The van der Waals surface area contributed by atoms with Crippen LogP contribution in [0.15, 0.2) is 172 Å². The number of benzene rings is 4. The minimum absolute atomic E-state index is 0.0593. The first-order chi connectivity index (χ1) is 66.5. The molecule has 4 saturated heterocycles. The van der Waals surface area contributed by atoms with E-state index in [0.717, 1.165) is 77.0 Å². The van der Waals surface area contributed by atoms with E-state index >= 15 is 0 Å². The molecule has 16 atom stereocenters. The van der Waals surface area contributed by atoms with E-state index in [1.165, 1.54) is 32.4 Å². The molecule has 0 aliphatic carbocycles. The molecule has 12 aromatic rings. The largest absolute Gasteiger partial charge is 0.443 e. The molecule has 140 heavy (non-hydrogen) atoms. The molecule has 0 radical (unpaired) electrons. The Balaban J connectivity index is 0.000000157. The molecule has 4 aliphatic heterocycles. The summed E-state index contributed by atoms with van der Waals surface area (Å²) in [6.07, 6.45) is 1.08. The van der Waals surface area contributed by atoms with Gasteiger partial charge in [0.05, 0.1) is 121 Å². The van der Waals surface area contributed by atoms with Gasteiger partial charge in [0.25, 0.3) is 0 Å². The molecule has 4 fully saturated rings. The highest BCUT2D eigenvalue weighted by Gasteiger charge is 2.49. The zero-order valence-corrected chi connectivity index (χ0v) is 84.4. The van der Waals surface area contributed by atoms with Gasteiger partial charge in [0, 0.05) is 87.3 Å². The van der Waals surface area contributed by atoms with E-state index in [4.69, 9.17) is 26.9 Å². The molecule has 34 nitrogen and oxygen atoms in total. The lowest BCUT2D eigenvalue weighted by Crippen LogP contribution is -2.49. The fourth-order valence-electron chi connectivity index (χ4n) is 18.5. The van der Waals surface area contributed by atoms with Crippen LogP contribution in [0.4, 0.5) is 0 Å². The Morgan fingerprint density at radius 2 is 0.657 bits per heavy atom. The summed E-state index contributed by atoms with van der Waals surface area (Å²) >= 11 is 3.20. The lowest BCUT2D eigenvalue weighted by atomic mass is 9.78. The molecule has 8 aromatic heterocycles. The van der Waals surface area contributed by atoms with Crippen LogP contribution in [0, 0.1) is 72.6 Å². The van der Waals surface area contributed by atoms with E-state index in [1.54, 1.807) is 74.6 Å². The van der Waals surface area contributed by atoms with Gasteiger partial charge in [-0.1, -0.05) is 173 Å². The van der Waals surface area contributed by atoms with Gasteiger partial charge in [-0.25, -0.2) is 19.9 Å². The van der Waals surface area contributed by atoms with Crippen LogP contribution < -0.4 is 21.3 Å². The average Bonchev–Trinajstić information content (AvgIpc) is 1.62. The Bertz CT molecular complexity index is 6060. The van der Waals surface area contributed by atoms with Crippen LogP contribution in [0.3, 0.4) is 0 Å². The normalized spacial score (nSPS) is 19.7. The number of aliphatic hydroxyl groups excluding tert-OH is 4. The van der Waals surface area contributed by atoms with Gasteiger partial charge in [-0.15, -0.1) is 22.7 Å². The van der Waals surface area contributed by atoms with Crippen molar-refractivity contribution in [1.82, 2.24) is 81.4 Å². The number of aryl methyl sites for hydroxylation is 8. The number of amides is 8. The molecular formula is C104H128N16O18S2. The minimum atomic E-state index is -0.778. The monoisotopic (exact) mass is 1950 g/mol. The number of carbonyl (C=O) groups excluding carboxylic acids is 8. The number of hydrogen-bond acceptors (Lipinski definition) is 28. The van der Waals surface area contributed by atoms with Crippen LogP contribution >= 0.6 is 22.7 Å². The topological polar surface area (TPSA) is 461 Å². The van der Waals surface area contributed by atoms with Crippen molar-refractivity contribution in [2.24, 2.45) is 17.3 Å². The summed E-state index contributed by atoms with van der Waals surface area (Å²) in [6.45, 7) is 38.4. The van der Waals surface area contributed by atoms with E-state index in [0.29, 0.717) is 63.8 Å². The summed E-state index contributed by atoms with van der Waals surface area (Å²) in [7, 11) is 0. The smallest absolute Gasteiger partial charge is 0.243 e. The molecule has 0 bridgehead atoms. The fraction of sp³-hybridized carbons (Fsp3) is 0.462. The van der Waals surface area contributed by atoms with Crippen LogP contribution in [0.1, 0.15) is 254 Å². The SMILES string of the molecule is CC[C@@H](C(=O)N1C[C@H](O)C[C@H]1C(=O)N[C@@H](C)c1ccc(-c2scnc2C)cc1)c1cc(C)no1.Cc1cc([C@H](C(=O)N2C[C@H](O)C[C@H]2C(=O)N[C@@H](C)c2ccc(-c3ocnc3C)cc2)C(C)(C)C)on1.Cc1cc([C@H](C(=O)N2C[C@H](O)C[C@H]2C(=O)N[C@@H](C)c2ccc(-c3ocnc3C)cc2)C(C)C)on1.Cc1cc([C@H](C(=O)N2C[C@H](O)C[C@H]2C(=O)N[C@@H](C)c2ccc(-c3scnc3C)cc2)C(C)C)on1. The third-order valence-electron chi connectivity index (χ3n) is 26.1. The molecule has 0 spiro atoms. The van der Waals surface area contributed by atoms with Crippen molar-refractivity contribution >= 4 is 69.9 Å². The summed E-state index contributed by atoms with van der Waals surface area (Å²) in [4.78, 5) is 132. The zero-order chi connectivity index (χ0) is 101. The number of aliphatic hydroxyl groups is 4. The molecule has 16 rings (SSSR count). The highest BCUT2D eigenvalue weighted by molar-refractivity contribution is 7.13. The standard InChI is InChI=1S/C27H34N4O5.C26H32N4O5.C26H32N4O4S.C25H30N4O4S/c1-15-11-22(36-30-15)23(27(4,5)6)26(34)31-13-20(32)12-21(31)25(33)29-16(2)18-7-9-19(10-8-18)24-17(3)28-14-35-24;1-14(2)23(22-10-15(3)29-35-22)26(33)30-12-20(31)11-21(30)25(32)28-16(4)18-6-8-19(9-7-18)24-17(5)27-13-34-24;1-14(2)23(22-10-15(3)29-34-22)26(33)30-12-20(31)11-21(30)25(32)28-16(4)18-6-8-19(9-7-18)24-17(5)27-13-35-24;1-5-20(22-10-14(2)28-33-22)25(32)29-12-19(30)11-21(29)24(31)27-15(3)17-6-8-18(9-7-17)23-16(4)26-13-34-23/h7-11,14,16,20-21,23,32H,12-13H2,1-6H3,(H,29,33);2*6-10,13-14,16,20-21,23,31H,11-12H2,1-5H3,(H,28,32);6-10,13,15,19-21,30H,5,11-12H2,1-4H3,(H,27,31)/t3*16-,20+,21-,23+;15-,19+,20+,21-/m0000/s1. The molecule has 36 heteroatoms. The summed E-state index contributed by atoms with van der Waals surface area (Å²) in [6, 6.07) is 34.4. The Hall–Kier alpha value is -13.0. The summed E-state index contributed by atoms with van der Waals surface area (Å²) in [5.41, 5.74) is 17.3. The first kappa shape index (κ1) is 104. The molecule has 4 aliphatic rings. The summed E-state index contributed by atoms with van der Waals surface area (Å²) in [5, 5.41) is 69.1.